The summed E-state index contributed by atoms with van der Waals surface area (Å²) in [6, 6.07) is 9.93. The first-order chi connectivity index (χ1) is 10.3. The van der Waals surface area contributed by atoms with E-state index in [0.29, 0.717) is 19.8 Å². The van der Waals surface area contributed by atoms with Crippen molar-refractivity contribution in [3.05, 3.63) is 53.9 Å². The summed E-state index contributed by atoms with van der Waals surface area (Å²) in [5.74, 6) is 1.60. The van der Waals surface area contributed by atoms with Crippen LogP contribution in [0, 0.1) is 0 Å². The largest absolute Gasteiger partial charge is 0.490 e. The minimum atomic E-state index is 0.591. The number of hydrogen-bond donors (Lipinski definition) is 1. The van der Waals surface area contributed by atoms with Crippen molar-refractivity contribution in [3.8, 4) is 11.5 Å². The zero-order valence-corrected chi connectivity index (χ0v) is 12.4. The van der Waals surface area contributed by atoms with Gasteiger partial charge in [-0.15, -0.1) is 0 Å². The number of nitrogens with two attached hydrogens (primary N) is 1. The molecule has 0 aliphatic carbocycles. The topological polar surface area (TPSA) is 57.4 Å². The van der Waals surface area contributed by atoms with Gasteiger partial charge in [-0.05, 0) is 43.1 Å². The van der Waals surface area contributed by atoms with Crippen molar-refractivity contribution in [3.63, 3.8) is 0 Å². The fourth-order valence-corrected chi connectivity index (χ4v) is 2.16. The molecular weight excluding hydrogens is 264 g/mol. The van der Waals surface area contributed by atoms with E-state index in [1.165, 1.54) is 0 Å². The summed E-state index contributed by atoms with van der Waals surface area (Å²) >= 11 is 0. The van der Waals surface area contributed by atoms with Crippen LogP contribution in [0.25, 0.3) is 0 Å². The Balaban J connectivity index is 2.06. The second-order valence-corrected chi connectivity index (χ2v) is 4.68. The van der Waals surface area contributed by atoms with Crippen LogP contribution in [0.4, 0.5) is 0 Å². The number of rotatable bonds is 8. The van der Waals surface area contributed by atoms with E-state index in [0.717, 1.165) is 35.5 Å². The molecule has 1 aromatic heterocycles. The molecule has 2 rings (SSSR count). The normalized spacial score (nSPS) is 10.4. The zero-order chi connectivity index (χ0) is 14.9. The Labute approximate surface area is 125 Å². The maximum atomic E-state index is 5.97. The Morgan fingerprint density at radius 3 is 2.71 bits per heavy atom. The van der Waals surface area contributed by atoms with Crippen LogP contribution in [0.2, 0.25) is 0 Å². The van der Waals surface area contributed by atoms with Gasteiger partial charge < -0.3 is 15.2 Å². The highest BCUT2D eigenvalue weighted by Crippen LogP contribution is 2.31. The summed E-state index contributed by atoms with van der Waals surface area (Å²) < 4.78 is 11.6. The number of benzene rings is 1. The lowest BCUT2D eigenvalue weighted by molar-refractivity contribution is 0.276. The van der Waals surface area contributed by atoms with Crippen LogP contribution in [0.5, 0.6) is 11.5 Å². The summed E-state index contributed by atoms with van der Waals surface area (Å²) in [7, 11) is 0. The average Bonchev–Trinajstić information content (AvgIpc) is 2.51. The molecule has 1 aromatic carbocycles. The minimum Gasteiger partial charge on any atom is -0.490 e. The van der Waals surface area contributed by atoms with Gasteiger partial charge in [-0.3, -0.25) is 4.98 Å². The monoisotopic (exact) mass is 286 g/mol. The Bertz CT molecular complexity index is 519. The van der Waals surface area contributed by atoms with E-state index in [9.17, 15) is 0 Å². The van der Waals surface area contributed by atoms with Gasteiger partial charge in [0.1, 0.15) is 0 Å². The van der Waals surface area contributed by atoms with E-state index in [1.807, 2.05) is 43.5 Å². The van der Waals surface area contributed by atoms with Crippen molar-refractivity contribution in [2.75, 3.05) is 19.8 Å². The summed E-state index contributed by atoms with van der Waals surface area (Å²) in [5.41, 5.74) is 7.92. The molecule has 21 heavy (non-hydrogen) atoms. The van der Waals surface area contributed by atoms with E-state index < -0.39 is 0 Å². The Kier molecular flexibility index (Phi) is 6.03. The van der Waals surface area contributed by atoms with Gasteiger partial charge in [-0.2, -0.15) is 0 Å². The molecule has 0 unspecified atom stereocenters. The molecule has 2 aromatic rings. The Morgan fingerprint density at radius 2 is 2.00 bits per heavy atom. The van der Waals surface area contributed by atoms with Crippen molar-refractivity contribution in [2.24, 2.45) is 5.73 Å². The lowest BCUT2D eigenvalue weighted by Crippen LogP contribution is -2.09. The van der Waals surface area contributed by atoms with Crippen LogP contribution in [-0.2, 0) is 12.8 Å². The highest BCUT2D eigenvalue weighted by Gasteiger charge is 2.10. The van der Waals surface area contributed by atoms with Gasteiger partial charge in [0.25, 0.3) is 0 Å². The molecule has 4 heteroatoms. The number of para-hydroxylation sites is 1. The van der Waals surface area contributed by atoms with Crippen LogP contribution in [-0.4, -0.2) is 24.7 Å². The van der Waals surface area contributed by atoms with E-state index in [-0.39, 0.29) is 0 Å². The van der Waals surface area contributed by atoms with Crippen molar-refractivity contribution in [2.45, 2.75) is 19.8 Å². The highest BCUT2D eigenvalue weighted by atomic mass is 16.5. The van der Waals surface area contributed by atoms with Gasteiger partial charge in [0.2, 0.25) is 0 Å². The fraction of sp³-hybridized carbons (Fsp3) is 0.353. The Hall–Kier alpha value is -2.07. The first-order valence-corrected chi connectivity index (χ1v) is 7.31. The maximum Gasteiger partial charge on any atom is 0.164 e. The summed E-state index contributed by atoms with van der Waals surface area (Å²) in [6.45, 7) is 3.77. The quantitative estimate of drug-likeness (QED) is 0.810. The van der Waals surface area contributed by atoms with Gasteiger partial charge in [-0.25, -0.2) is 0 Å². The van der Waals surface area contributed by atoms with Gasteiger partial charge in [-0.1, -0.05) is 18.2 Å². The third-order valence-corrected chi connectivity index (χ3v) is 3.13. The number of pyridine rings is 1. The minimum absolute atomic E-state index is 0.591. The predicted molar refractivity (Wildman–Crippen MR) is 83.8 cm³/mol. The van der Waals surface area contributed by atoms with E-state index in [4.69, 9.17) is 15.2 Å². The fourth-order valence-electron chi connectivity index (χ4n) is 2.16. The number of aromatic nitrogens is 1. The van der Waals surface area contributed by atoms with Crippen LogP contribution >= 0.6 is 0 Å². The second-order valence-electron chi connectivity index (χ2n) is 4.68. The lowest BCUT2D eigenvalue weighted by atomic mass is 10.1. The maximum absolute atomic E-state index is 5.97. The van der Waals surface area contributed by atoms with Gasteiger partial charge in [0.15, 0.2) is 11.5 Å². The molecule has 1 heterocycles. The summed E-state index contributed by atoms with van der Waals surface area (Å²) in [6.07, 6.45) is 5.23. The summed E-state index contributed by atoms with van der Waals surface area (Å²) in [4.78, 5) is 4.11. The van der Waals surface area contributed by atoms with Gasteiger partial charge in [0.05, 0.1) is 13.2 Å². The molecule has 0 atom stereocenters. The zero-order valence-electron chi connectivity index (χ0n) is 12.4. The van der Waals surface area contributed by atoms with E-state index in [2.05, 4.69) is 4.98 Å². The van der Waals surface area contributed by atoms with Crippen molar-refractivity contribution < 1.29 is 9.47 Å². The molecular formula is C17H22N2O2. The molecule has 0 amide bonds. The number of ether oxygens (including phenoxy) is 2. The standard InChI is InChI=1S/C17H22N2O2/c1-2-20-16-7-3-6-15(8-10-18)17(16)21-12-9-14-5-4-11-19-13-14/h3-7,11,13H,2,8-10,12,18H2,1H3. The van der Waals surface area contributed by atoms with E-state index in [1.54, 1.807) is 6.20 Å². The van der Waals surface area contributed by atoms with Gasteiger partial charge in [0, 0.05) is 18.8 Å². The first-order valence-electron chi connectivity index (χ1n) is 7.31. The smallest absolute Gasteiger partial charge is 0.164 e. The van der Waals surface area contributed by atoms with Crippen molar-refractivity contribution in [1.29, 1.82) is 0 Å². The molecule has 0 aliphatic rings. The predicted octanol–water partition coefficient (Wildman–Crippen LogP) is 2.60. The molecule has 0 spiro atoms. The van der Waals surface area contributed by atoms with Crippen LogP contribution in [0.15, 0.2) is 42.7 Å². The molecule has 0 saturated carbocycles. The van der Waals surface area contributed by atoms with Crippen LogP contribution < -0.4 is 15.2 Å². The van der Waals surface area contributed by atoms with Crippen LogP contribution in [0.1, 0.15) is 18.1 Å². The second kappa shape index (κ2) is 8.27. The third kappa shape index (κ3) is 4.46. The molecule has 4 nitrogen and oxygen atoms in total. The Morgan fingerprint density at radius 1 is 1.10 bits per heavy atom. The van der Waals surface area contributed by atoms with Crippen LogP contribution in [0.3, 0.4) is 0 Å². The first kappa shape index (κ1) is 15.3. The van der Waals surface area contributed by atoms with E-state index >= 15 is 0 Å². The van der Waals surface area contributed by atoms with Gasteiger partial charge >= 0.3 is 0 Å². The van der Waals surface area contributed by atoms with Crippen molar-refractivity contribution >= 4 is 0 Å². The average molecular weight is 286 g/mol. The SMILES string of the molecule is CCOc1cccc(CCN)c1OCCc1cccnc1. The molecule has 0 aliphatic heterocycles. The molecule has 112 valence electrons. The lowest BCUT2D eigenvalue weighted by Gasteiger charge is -2.15. The third-order valence-electron chi connectivity index (χ3n) is 3.13. The highest BCUT2D eigenvalue weighted by molar-refractivity contribution is 5.46. The number of nitrogens with zero attached hydrogens (tertiary/aromatic N) is 1. The molecule has 0 radical (unpaired) electrons. The number of hydrogen-bond acceptors (Lipinski definition) is 4. The molecule has 0 bridgehead atoms. The molecule has 0 saturated heterocycles. The molecule has 0 fully saturated rings. The molecule has 2 N–H and O–H groups in total. The van der Waals surface area contributed by atoms with Crippen molar-refractivity contribution in [1.82, 2.24) is 4.98 Å². The summed E-state index contributed by atoms with van der Waals surface area (Å²) in [5, 5.41) is 0.